The molecule has 29 heavy (non-hydrogen) atoms. The number of amides is 2. The molecule has 0 aliphatic carbocycles. The Bertz CT molecular complexity index is 1030. The monoisotopic (exact) mass is 396 g/mol. The fraction of sp³-hybridized carbons (Fsp3) is 0.200. The summed E-state index contributed by atoms with van der Waals surface area (Å²) in [6, 6.07) is 8.41. The van der Waals surface area contributed by atoms with Crippen molar-refractivity contribution in [3.05, 3.63) is 65.2 Å². The number of benzene rings is 1. The van der Waals surface area contributed by atoms with Crippen LogP contribution in [0.3, 0.4) is 0 Å². The molecule has 3 rings (SSSR count). The number of pyridine rings is 1. The third-order valence-electron chi connectivity index (χ3n) is 4.03. The molecule has 2 N–H and O–H groups in total. The molecule has 0 radical (unpaired) electrons. The van der Waals surface area contributed by atoms with Crippen molar-refractivity contribution in [1.29, 1.82) is 0 Å². The zero-order valence-corrected chi connectivity index (χ0v) is 16.2. The number of methoxy groups -OCH3 is 2. The topological polar surface area (TPSA) is 116 Å². The molecule has 2 aromatic heterocycles. The van der Waals surface area contributed by atoms with Crippen molar-refractivity contribution in [3.8, 4) is 11.5 Å². The number of rotatable bonds is 7. The minimum absolute atomic E-state index is 0.226. The number of anilines is 1. The second kappa shape index (κ2) is 8.87. The summed E-state index contributed by atoms with van der Waals surface area (Å²) < 4.78 is 15.4. The first-order valence-corrected chi connectivity index (χ1v) is 8.69. The first-order valence-electron chi connectivity index (χ1n) is 8.69. The molecule has 0 atom stereocenters. The van der Waals surface area contributed by atoms with E-state index in [-0.39, 0.29) is 29.4 Å². The lowest BCUT2D eigenvalue weighted by molar-refractivity contribution is 0.0950. The van der Waals surface area contributed by atoms with Gasteiger partial charge < -0.3 is 24.6 Å². The van der Waals surface area contributed by atoms with Crippen molar-refractivity contribution in [1.82, 2.24) is 15.5 Å². The Balaban J connectivity index is 1.65. The van der Waals surface area contributed by atoms with Crippen molar-refractivity contribution in [2.45, 2.75) is 13.5 Å². The van der Waals surface area contributed by atoms with E-state index in [1.54, 1.807) is 39.3 Å². The number of nitrogens with zero attached hydrogens (tertiary/aromatic N) is 2. The maximum absolute atomic E-state index is 12.5. The highest BCUT2D eigenvalue weighted by Gasteiger charge is 2.13. The average molecular weight is 396 g/mol. The van der Waals surface area contributed by atoms with E-state index < -0.39 is 5.91 Å². The summed E-state index contributed by atoms with van der Waals surface area (Å²) in [6.07, 6.45) is 2.76. The molecule has 9 heteroatoms. The van der Waals surface area contributed by atoms with Gasteiger partial charge in [-0.2, -0.15) is 0 Å². The van der Waals surface area contributed by atoms with E-state index in [0.717, 1.165) is 5.56 Å². The first-order chi connectivity index (χ1) is 14.0. The fourth-order valence-electron chi connectivity index (χ4n) is 2.58. The van der Waals surface area contributed by atoms with Crippen LogP contribution < -0.4 is 20.1 Å². The van der Waals surface area contributed by atoms with Crippen LogP contribution in [0, 0.1) is 6.92 Å². The van der Waals surface area contributed by atoms with Crippen LogP contribution in [0.1, 0.15) is 32.0 Å². The molecule has 0 aliphatic rings. The molecule has 9 nitrogen and oxygen atoms in total. The van der Waals surface area contributed by atoms with Crippen molar-refractivity contribution in [3.63, 3.8) is 0 Å². The number of aryl methyl sites for hydroxylation is 1. The van der Waals surface area contributed by atoms with Gasteiger partial charge in [0.15, 0.2) is 17.3 Å². The van der Waals surface area contributed by atoms with Crippen LogP contribution in [0.25, 0.3) is 0 Å². The van der Waals surface area contributed by atoms with Gasteiger partial charge in [-0.3, -0.25) is 14.6 Å². The SMILES string of the molecule is COc1ccc(CNC(=O)c2cncc(C(=O)Nc3cc(C)on3)c2)cc1OC. The van der Waals surface area contributed by atoms with Crippen LogP contribution in [0.4, 0.5) is 5.82 Å². The highest BCUT2D eigenvalue weighted by Crippen LogP contribution is 2.27. The normalized spacial score (nSPS) is 10.3. The second-order valence-electron chi connectivity index (χ2n) is 6.11. The van der Waals surface area contributed by atoms with Gasteiger partial charge in [-0.25, -0.2) is 0 Å². The molecule has 0 fully saturated rings. The number of aromatic nitrogens is 2. The molecule has 2 heterocycles. The van der Waals surface area contributed by atoms with Gasteiger partial charge in [-0.1, -0.05) is 11.2 Å². The molecule has 0 spiro atoms. The zero-order chi connectivity index (χ0) is 20.8. The summed E-state index contributed by atoms with van der Waals surface area (Å²) in [7, 11) is 3.10. The fourth-order valence-corrected chi connectivity index (χ4v) is 2.58. The number of carbonyl (C=O) groups excluding carboxylic acids is 2. The Hall–Kier alpha value is -3.88. The van der Waals surface area contributed by atoms with Gasteiger partial charge >= 0.3 is 0 Å². The van der Waals surface area contributed by atoms with E-state index >= 15 is 0 Å². The van der Waals surface area contributed by atoms with Crippen molar-refractivity contribution >= 4 is 17.6 Å². The van der Waals surface area contributed by atoms with Gasteiger partial charge in [0.05, 0.1) is 25.3 Å². The van der Waals surface area contributed by atoms with Crippen molar-refractivity contribution in [2.75, 3.05) is 19.5 Å². The molecule has 1 aromatic carbocycles. The van der Waals surface area contributed by atoms with Gasteiger partial charge in [0.2, 0.25) is 0 Å². The van der Waals surface area contributed by atoms with Crippen LogP contribution >= 0.6 is 0 Å². The van der Waals surface area contributed by atoms with E-state index in [1.807, 2.05) is 6.07 Å². The maximum Gasteiger partial charge on any atom is 0.258 e. The second-order valence-corrected chi connectivity index (χ2v) is 6.11. The summed E-state index contributed by atoms with van der Waals surface area (Å²) in [5.41, 5.74) is 1.32. The molecule has 0 unspecified atom stereocenters. The molecule has 3 aromatic rings. The third-order valence-corrected chi connectivity index (χ3v) is 4.03. The molecular weight excluding hydrogens is 376 g/mol. The molecule has 0 saturated heterocycles. The first kappa shape index (κ1) is 19.9. The molecule has 2 amide bonds. The largest absolute Gasteiger partial charge is 0.493 e. The molecule has 0 bridgehead atoms. The Labute approximate surface area is 167 Å². The lowest BCUT2D eigenvalue weighted by atomic mass is 10.1. The predicted octanol–water partition coefficient (Wildman–Crippen LogP) is 2.58. The van der Waals surface area contributed by atoms with E-state index in [4.69, 9.17) is 14.0 Å². The minimum Gasteiger partial charge on any atom is -0.493 e. The van der Waals surface area contributed by atoms with E-state index in [2.05, 4.69) is 20.8 Å². The summed E-state index contributed by atoms with van der Waals surface area (Å²) in [4.78, 5) is 28.8. The Morgan fingerprint density at radius 2 is 1.72 bits per heavy atom. The zero-order valence-electron chi connectivity index (χ0n) is 16.2. The average Bonchev–Trinajstić information content (AvgIpc) is 3.16. The lowest BCUT2D eigenvalue weighted by Crippen LogP contribution is -2.23. The third kappa shape index (κ3) is 4.89. The van der Waals surface area contributed by atoms with Gasteiger partial charge in [-0.15, -0.1) is 0 Å². The molecule has 0 aliphatic heterocycles. The number of hydrogen-bond acceptors (Lipinski definition) is 7. The van der Waals surface area contributed by atoms with Crippen LogP contribution in [-0.4, -0.2) is 36.2 Å². The van der Waals surface area contributed by atoms with Crippen LogP contribution in [-0.2, 0) is 6.54 Å². The summed E-state index contributed by atoms with van der Waals surface area (Å²) in [5, 5.41) is 9.08. The van der Waals surface area contributed by atoms with Gasteiger partial charge in [0.25, 0.3) is 11.8 Å². The highest BCUT2D eigenvalue weighted by molar-refractivity contribution is 6.05. The van der Waals surface area contributed by atoms with Crippen molar-refractivity contribution in [2.24, 2.45) is 0 Å². The highest BCUT2D eigenvalue weighted by atomic mass is 16.5. The smallest absolute Gasteiger partial charge is 0.258 e. The predicted molar refractivity (Wildman–Crippen MR) is 104 cm³/mol. The number of carbonyl (C=O) groups is 2. The molecular formula is C20H20N4O5. The quantitative estimate of drug-likeness (QED) is 0.630. The lowest BCUT2D eigenvalue weighted by Gasteiger charge is -2.10. The summed E-state index contributed by atoms with van der Waals surface area (Å²) in [6.45, 7) is 1.99. The van der Waals surface area contributed by atoms with E-state index in [0.29, 0.717) is 17.3 Å². The van der Waals surface area contributed by atoms with Gasteiger partial charge in [0.1, 0.15) is 5.76 Å². The summed E-state index contributed by atoms with van der Waals surface area (Å²) in [5.74, 6) is 1.23. The molecule has 150 valence electrons. The van der Waals surface area contributed by atoms with Gasteiger partial charge in [-0.05, 0) is 30.7 Å². The van der Waals surface area contributed by atoms with Gasteiger partial charge in [0, 0.05) is 25.0 Å². The Morgan fingerprint density at radius 1 is 1.00 bits per heavy atom. The van der Waals surface area contributed by atoms with Crippen LogP contribution in [0.2, 0.25) is 0 Å². The van der Waals surface area contributed by atoms with Crippen molar-refractivity contribution < 1.29 is 23.6 Å². The standard InChI is InChI=1S/C20H20N4O5/c1-12-6-18(24-29-12)23-20(26)15-8-14(10-21-11-15)19(25)22-9-13-4-5-16(27-2)17(7-13)28-3/h4-8,10-11H,9H2,1-3H3,(H,22,25)(H,23,24,26). The number of hydrogen-bond donors (Lipinski definition) is 2. The van der Waals surface area contributed by atoms with Crippen LogP contribution in [0.15, 0.2) is 47.2 Å². The number of ether oxygens (including phenoxy) is 2. The Morgan fingerprint density at radius 3 is 2.38 bits per heavy atom. The Kier molecular flexibility index (Phi) is 6.08. The summed E-state index contributed by atoms with van der Waals surface area (Å²) >= 11 is 0. The minimum atomic E-state index is -0.444. The molecule has 0 saturated carbocycles. The number of nitrogens with one attached hydrogen (secondary N) is 2. The van der Waals surface area contributed by atoms with E-state index in [1.165, 1.54) is 18.5 Å². The van der Waals surface area contributed by atoms with E-state index in [9.17, 15) is 9.59 Å². The maximum atomic E-state index is 12.5. The van der Waals surface area contributed by atoms with Crippen LogP contribution in [0.5, 0.6) is 11.5 Å².